The summed E-state index contributed by atoms with van der Waals surface area (Å²) in [5, 5.41) is 18.9. The molecular formula is C28H21N3O2. The smallest absolute Gasteiger partial charge is 0.265 e. The minimum atomic E-state index is -0.283. The van der Waals surface area contributed by atoms with Gasteiger partial charge in [0.15, 0.2) is 0 Å². The van der Waals surface area contributed by atoms with E-state index in [0.717, 1.165) is 11.4 Å². The van der Waals surface area contributed by atoms with E-state index >= 15 is 0 Å². The number of anilines is 2. The van der Waals surface area contributed by atoms with Gasteiger partial charge in [-0.25, -0.2) is 9.58 Å². The van der Waals surface area contributed by atoms with Gasteiger partial charge < -0.3 is 5.11 Å². The van der Waals surface area contributed by atoms with Gasteiger partial charge in [0.25, 0.3) is 5.56 Å². The molecule has 0 radical (unpaired) electrons. The van der Waals surface area contributed by atoms with Crippen molar-refractivity contribution in [3.05, 3.63) is 131 Å². The first-order valence-corrected chi connectivity index (χ1v) is 10.6. The van der Waals surface area contributed by atoms with Gasteiger partial charge in [0.2, 0.25) is 5.88 Å². The number of nitrogens with zero attached hydrogens (tertiary/aromatic N) is 3. The number of aromatic nitrogens is 1. The maximum absolute atomic E-state index is 13.2. The van der Waals surface area contributed by atoms with Gasteiger partial charge in [0, 0.05) is 10.8 Å². The number of para-hydroxylation sites is 3. The minimum absolute atomic E-state index is 0.158. The van der Waals surface area contributed by atoms with E-state index < -0.39 is 0 Å². The standard InChI is InChI=1S/C28H21N3O2/c32-27-25-19-11-10-18-24(25)26(28(33)30(27)21-12-4-1-5-13-21)20-29-31(22-14-6-2-7-15-22)23-16-8-3-9-17-23/h1-20,33H/b29-20+. The summed E-state index contributed by atoms with van der Waals surface area (Å²) in [6, 6.07) is 35.9. The summed E-state index contributed by atoms with van der Waals surface area (Å²) in [7, 11) is 0. The monoisotopic (exact) mass is 431 g/mol. The summed E-state index contributed by atoms with van der Waals surface area (Å²) in [5.74, 6) is -0.158. The molecule has 0 aliphatic heterocycles. The molecule has 5 rings (SSSR count). The summed E-state index contributed by atoms with van der Waals surface area (Å²) in [6.07, 6.45) is 1.61. The lowest BCUT2D eigenvalue weighted by molar-refractivity contribution is 0.436. The van der Waals surface area contributed by atoms with Crippen LogP contribution in [0.3, 0.4) is 0 Å². The molecule has 33 heavy (non-hydrogen) atoms. The topological polar surface area (TPSA) is 57.8 Å². The van der Waals surface area contributed by atoms with Crippen LogP contribution in [0.15, 0.2) is 125 Å². The van der Waals surface area contributed by atoms with E-state index in [0.29, 0.717) is 22.0 Å². The highest BCUT2D eigenvalue weighted by atomic mass is 16.3. The lowest BCUT2D eigenvalue weighted by Crippen LogP contribution is -2.20. The molecule has 5 aromatic rings. The molecule has 0 unspecified atom stereocenters. The number of pyridine rings is 1. The van der Waals surface area contributed by atoms with Gasteiger partial charge in [-0.3, -0.25) is 4.79 Å². The van der Waals surface area contributed by atoms with Crippen molar-refractivity contribution in [3.8, 4) is 11.6 Å². The van der Waals surface area contributed by atoms with E-state index in [2.05, 4.69) is 0 Å². The van der Waals surface area contributed by atoms with E-state index in [1.165, 1.54) is 4.57 Å². The lowest BCUT2D eigenvalue weighted by Gasteiger charge is -2.20. The van der Waals surface area contributed by atoms with Crippen LogP contribution in [0.5, 0.6) is 5.88 Å². The van der Waals surface area contributed by atoms with Crippen LogP contribution in [0.1, 0.15) is 5.56 Å². The quantitative estimate of drug-likeness (QED) is 0.280. The van der Waals surface area contributed by atoms with Crippen molar-refractivity contribution in [2.24, 2.45) is 5.10 Å². The highest BCUT2D eigenvalue weighted by Gasteiger charge is 2.17. The lowest BCUT2D eigenvalue weighted by atomic mass is 10.1. The normalized spacial score (nSPS) is 11.2. The summed E-state index contributed by atoms with van der Waals surface area (Å²) in [4.78, 5) is 13.2. The second-order valence-corrected chi connectivity index (χ2v) is 7.49. The second-order valence-electron chi connectivity index (χ2n) is 7.49. The number of rotatable bonds is 5. The van der Waals surface area contributed by atoms with Gasteiger partial charge in [0.1, 0.15) is 0 Å². The molecule has 0 saturated heterocycles. The van der Waals surface area contributed by atoms with Gasteiger partial charge in [0.05, 0.1) is 28.8 Å². The van der Waals surface area contributed by atoms with Crippen molar-refractivity contribution < 1.29 is 5.11 Å². The van der Waals surface area contributed by atoms with Crippen LogP contribution in [0.25, 0.3) is 16.5 Å². The summed E-state index contributed by atoms with van der Waals surface area (Å²) >= 11 is 0. The Kier molecular flexibility index (Phi) is 5.43. The predicted octanol–water partition coefficient (Wildman–Crippen LogP) is 5.87. The molecule has 160 valence electrons. The Balaban J connectivity index is 1.72. The van der Waals surface area contributed by atoms with Crippen LogP contribution in [0.2, 0.25) is 0 Å². The van der Waals surface area contributed by atoms with E-state index in [9.17, 15) is 9.90 Å². The molecule has 0 fully saturated rings. The van der Waals surface area contributed by atoms with Crippen LogP contribution in [0, 0.1) is 0 Å². The molecule has 1 heterocycles. The molecule has 0 spiro atoms. The molecule has 4 aromatic carbocycles. The molecule has 0 amide bonds. The van der Waals surface area contributed by atoms with E-state index in [1.54, 1.807) is 29.4 Å². The van der Waals surface area contributed by atoms with Gasteiger partial charge in [-0.05, 0) is 42.5 Å². The van der Waals surface area contributed by atoms with Gasteiger partial charge in [-0.2, -0.15) is 5.10 Å². The molecule has 0 aliphatic rings. The van der Waals surface area contributed by atoms with Gasteiger partial charge in [-0.15, -0.1) is 0 Å². The number of hydrogen-bond acceptors (Lipinski definition) is 4. The SMILES string of the molecule is O=c1c2ccccc2c(/C=N/N(c2ccccc2)c2ccccc2)c(O)n1-c1ccccc1. The molecule has 0 bridgehead atoms. The first-order valence-electron chi connectivity index (χ1n) is 10.6. The Bertz CT molecular complexity index is 1440. The number of benzene rings is 4. The van der Waals surface area contributed by atoms with Crippen molar-refractivity contribution >= 4 is 28.4 Å². The second kappa shape index (κ2) is 8.85. The highest BCUT2D eigenvalue weighted by molar-refractivity contribution is 6.02. The number of fused-ring (bicyclic) bond motifs is 1. The minimum Gasteiger partial charge on any atom is -0.494 e. The molecular weight excluding hydrogens is 410 g/mol. The first-order chi connectivity index (χ1) is 16.2. The van der Waals surface area contributed by atoms with Crippen LogP contribution in [-0.4, -0.2) is 15.9 Å². The Morgan fingerprint density at radius 2 is 1.15 bits per heavy atom. The van der Waals surface area contributed by atoms with Crippen molar-refractivity contribution in [2.45, 2.75) is 0 Å². The Morgan fingerprint density at radius 1 is 0.667 bits per heavy atom. The molecule has 0 atom stereocenters. The molecule has 5 heteroatoms. The molecule has 1 aromatic heterocycles. The van der Waals surface area contributed by atoms with Gasteiger partial charge >= 0.3 is 0 Å². The third-order valence-corrected chi connectivity index (χ3v) is 5.42. The number of aromatic hydroxyl groups is 1. The van der Waals surface area contributed by atoms with Crippen LogP contribution >= 0.6 is 0 Å². The van der Waals surface area contributed by atoms with Crippen LogP contribution in [-0.2, 0) is 0 Å². The fourth-order valence-electron chi connectivity index (χ4n) is 3.84. The zero-order valence-electron chi connectivity index (χ0n) is 17.7. The molecule has 0 aliphatic carbocycles. The van der Waals surface area contributed by atoms with Crippen molar-refractivity contribution in [1.29, 1.82) is 0 Å². The third-order valence-electron chi connectivity index (χ3n) is 5.42. The average Bonchev–Trinajstić information content (AvgIpc) is 2.88. The van der Waals surface area contributed by atoms with Crippen molar-refractivity contribution in [2.75, 3.05) is 5.01 Å². The zero-order valence-corrected chi connectivity index (χ0v) is 17.7. The largest absolute Gasteiger partial charge is 0.494 e. The third kappa shape index (κ3) is 3.88. The molecule has 5 nitrogen and oxygen atoms in total. The predicted molar refractivity (Wildman–Crippen MR) is 134 cm³/mol. The summed E-state index contributed by atoms with van der Waals surface area (Å²) in [6.45, 7) is 0. The van der Waals surface area contributed by atoms with Gasteiger partial charge in [-0.1, -0.05) is 72.8 Å². The molecule has 1 N–H and O–H groups in total. The zero-order chi connectivity index (χ0) is 22.6. The van der Waals surface area contributed by atoms with E-state index in [1.807, 2.05) is 97.1 Å². The molecule has 0 saturated carbocycles. The van der Waals surface area contributed by atoms with Crippen LogP contribution < -0.4 is 10.6 Å². The average molecular weight is 431 g/mol. The Morgan fingerprint density at radius 3 is 1.73 bits per heavy atom. The summed E-state index contributed by atoms with van der Waals surface area (Å²) < 4.78 is 1.32. The Labute approximate surface area is 191 Å². The van der Waals surface area contributed by atoms with Crippen molar-refractivity contribution in [1.82, 2.24) is 4.57 Å². The maximum Gasteiger partial charge on any atom is 0.265 e. The summed E-state index contributed by atoms with van der Waals surface area (Å²) in [5.41, 5.74) is 2.52. The van der Waals surface area contributed by atoms with Crippen molar-refractivity contribution in [3.63, 3.8) is 0 Å². The van der Waals surface area contributed by atoms with Crippen LogP contribution in [0.4, 0.5) is 11.4 Å². The fourth-order valence-corrected chi connectivity index (χ4v) is 3.84. The number of hydrazone groups is 1. The highest BCUT2D eigenvalue weighted by Crippen LogP contribution is 2.28. The van der Waals surface area contributed by atoms with E-state index in [4.69, 9.17) is 5.10 Å². The maximum atomic E-state index is 13.2. The number of hydrogen-bond donors (Lipinski definition) is 1. The fraction of sp³-hybridized carbons (Fsp3) is 0. The Hall–Kier alpha value is -4.64. The first kappa shape index (κ1) is 20.3. The van der Waals surface area contributed by atoms with E-state index in [-0.39, 0.29) is 11.4 Å².